The van der Waals surface area contributed by atoms with E-state index in [1.807, 2.05) is 38.2 Å². The molecule has 2 heterocycles. The lowest BCUT2D eigenvalue weighted by molar-refractivity contribution is -0.438. The highest BCUT2D eigenvalue weighted by molar-refractivity contribution is 7.85. The average molecular weight is 1230 g/mol. The van der Waals surface area contributed by atoms with Crippen molar-refractivity contribution in [2.45, 2.75) is 185 Å². The number of nitrogens with zero attached hydrogens (tertiary/aromatic N) is 2. The van der Waals surface area contributed by atoms with E-state index < -0.39 is 181 Å². The third kappa shape index (κ3) is 20.9. The van der Waals surface area contributed by atoms with Crippen molar-refractivity contribution in [3.8, 4) is 0 Å². The minimum absolute atomic E-state index is 0.0418. The zero-order valence-electron chi connectivity index (χ0n) is 50.5. The van der Waals surface area contributed by atoms with Crippen LogP contribution in [0.3, 0.4) is 0 Å². The molecule has 2 aromatic carbocycles. The van der Waals surface area contributed by atoms with Crippen molar-refractivity contribution in [2.24, 2.45) is 17.8 Å². The summed E-state index contributed by atoms with van der Waals surface area (Å²) in [5.41, 5.74) is 5.99. The average Bonchev–Trinajstić information content (AvgIpc) is 1.62. The molecule has 0 unspecified atom stereocenters. The quantitative estimate of drug-likeness (QED) is 0.0138. The lowest BCUT2D eigenvalue weighted by atomic mass is 9.81. The van der Waals surface area contributed by atoms with E-state index in [2.05, 4.69) is 72.1 Å². The number of benzene rings is 2. The van der Waals surface area contributed by atoms with Gasteiger partial charge in [-0.15, -0.1) is 0 Å². The molecular weight excluding hydrogens is 1150 g/mol. The smallest absolute Gasteiger partial charge is 0.303 e. The molecular formula is C63H83N4O19S+. The maximum Gasteiger partial charge on any atom is 0.303 e. The summed E-state index contributed by atoms with van der Waals surface area (Å²) in [6.07, 6.45) is 4.00. The number of aliphatic carboxylic acids is 5. The molecule has 23 nitrogen and oxygen atoms in total. The number of Topliss-reactive ketones (excluding diaryl/α,β-unsaturated/α-hetero) is 4. The number of ketones is 4. The number of carbonyl (C=O) groups excluding carboxylic acids is 6. The summed E-state index contributed by atoms with van der Waals surface area (Å²) in [6, 6.07) is 7.65. The molecule has 24 heteroatoms. The molecule has 0 spiro atoms. The second-order valence-electron chi connectivity index (χ2n) is 23.4. The molecule has 0 saturated carbocycles. The first kappa shape index (κ1) is 71.5. The van der Waals surface area contributed by atoms with E-state index in [1.165, 1.54) is 28.9 Å². The molecule has 474 valence electrons. The summed E-state index contributed by atoms with van der Waals surface area (Å²) >= 11 is 0. The number of anilines is 1. The topological polar surface area (TPSA) is 374 Å². The summed E-state index contributed by atoms with van der Waals surface area (Å²) in [4.78, 5) is 141. The Bertz CT molecular complexity index is 3210. The Morgan fingerprint density at radius 3 is 1.61 bits per heavy atom. The molecule has 0 radical (unpaired) electrons. The van der Waals surface area contributed by atoms with Crippen LogP contribution in [-0.4, -0.2) is 139 Å². The third-order valence-electron chi connectivity index (χ3n) is 16.1. The van der Waals surface area contributed by atoms with Gasteiger partial charge in [0.2, 0.25) is 17.5 Å². The van der Waals surface area contributed by atoms with Crippen LogP contribution in [0.4, 0.5) is 11.4 Å². The van der Waals surface area contributed by atoms with E-state index in [4.69, 9.17) is 5.11 Å². The normalized spacial score (nSPS) is 16.4. The van der Waals surface area contributed by atoms with Crippen LogP contribution in [-0.2, 0) is 73.7 Å². The molecule has 2 aliphatic heterocycles. The predicted molar refractivity (Wildman–Crippen MR) is 319 cm³/mol. The van der Waals surface area contributed by atoms with E-state index in [0.29, 0.717) is 31.4 Å². The first-order valence-electron chi connectivity index (χ1n) is 29.2. The molecule has 4 rings (SSSR count). The Labute approximate surface area is 506 Å². The second kappa shape index (κ2) is 32.1. The van der Waals surface area contributed by atoms with Gasteiger partial charge in [-0.25, -0.2) is 0 Å². The molecule has 0 saturated heterocycles. The molecule has 8 N–H and O–H groups in total. The number of nitrogens with one attached hydrogen (secondary N) is 2. The van der Waals surface area contributed by atoms with Crippen molar-refractivity contribution >= 4 is 92.0 Å². The van der Waals surface area contributed by atoms with Gasteiger partial charge in [0, 0.05) is 123 Å². The maximum atomic E-state index is 14.0. The Hall–Kier alpha value is -7.99. The molecule has 5 atom stereocenters. The van der Waals surface area contributed by atoms with Crippen LogP contribution in [0.25, 0.3) is 0 Å². The van der Waals surface area contributed by atoms with Gasteiger partial charge in [0.15, 0.2) is 17.3 Å². The largest absolute Gasteiger partial charge is 0.481 e. The van der Waals surface area contributed by atoms with Crippen LogP contribution < -0.4 is 15.5 Å². The Kier molecular flexibility index (Phi) is 26.4. The van der Waals surface area contributed by atoms with Crippen LogP contribution in [0.1, 0.15) is 167 Å². The fraction of sp³-hybridized carbons (Fsp3) is 0.524. The number of amides is 2. The van der Waals surface area contributed by atoms with Crippen LogP contribution in [0.15, 0.2) is 77.4 Å². The summed E-state index contributed by atoms with van der Waals surface area (Å²) < 4.78 is 36.6. The van der Waals surface area contributed by atoms with Crippen LogP contribution in [0, 0.1) is 24.7 Å². The van der Waals surface area contributed by atoms with E-state index in [0.717, 1.165) is 30.6 Å². The fourth-order valence-corrected chi connectivity index (χ4v) is 11.7. The number of carbonyl (C=O) groups is 11. The molecule has 0 fully saturated rings. The van der Waals surface area contributed by atoms with Gasteiger partial charge in [0.25, 0.3) is 10.1 Å². The monoisotopic (exact) mass is 1230 g/mol. The summed E-state index contributed by atoms with van der Waals surface area (Å²) in [5, 5.41) is 52.0. The lowest BCUT2D eigenvalue weighted by Gasteiger charge is -2.25. The predicted octanol–water partition coefficient (Wildman–Crippen LogP) is 7.60. The van der Waals surface area contributed by atoms with Crippen molar-refractivity contribution < 1.29 is 95.8 Å². The number of unbranched alkanes of at least 4 members (excludes halogenated alkanes) is 2. The van der Waals surface area contributed by atoms with Gasteiger partial charge >= 0.3 is 29.8 Å². The van der Waals surface area contributed by atoms with Crippen LogP contribution in [0.5, 0.6) is 0 Å². The van der Waals surface area contributed by atoms with Gasteiger partial charge in [0.05, 0.1) is 22.4 Å². The van der Waals surface area contributed by atoms with E-state index in [1.54, 1.807) is 6.07 Å². The first-order valence-corrected chi connectivity index (χ1v) is 30.6. The number of aryl methyl sites for hydroxylation is 1. The molecule has 0 aromatic heterocycles. The van der Waals surface area contributed by atoms with E-state index in [9.17, 15) is 86.1 Å². The standard InChI is InChI=1S/C63H82N4O19S/c1-8-66-49-25-18-38(2)33-45(49)62(4,5)53(66)16-12-9-13-17-54-63(6,7)46-37-44(87(84,85)86)22-26-50(46)67(54)32-14-10-11-15-43(69)34-41(20-28-56(74)75)60(82)64-48(24-31-59(80)81)52(71)36-42(21-29-57(76)77)61(83)65-47(23-30-58(78)79)51(70)35-40(39(3)68)19-27-55(72)73/h9,12-13,16-18,22,25-26,33,37,40-42,47-48H,8,10-11,14-15,19-21,23-24,27-32,34-36H2,1-7H3,(H7-,64,65,72,73,74,75,76,77,78,79,80,81,82,83,84,85,86)/p+1/t40-,41-,42-,47+,48+/m0/s1. The number of likely N-dealkylation sites (N-methyl/N-ethyl adjacent to an activating group) is 1. The molecule has 87 heavy (non-hydrogen) atoms. The minimum atomic E-state index is -4.54. The number of hydrogen-bond donors (Lipinski definition) is 8. The zero-order valence-corrected chi connectivity index (χ0v) is 51.3. The number of hydrogen-bond acceptors (Lipinski definition) is 14. The van der Waals surface area contributed by atoms with E-state index >= 15 is 0 Å². The number of fused-ring (bicyclic) bond motifs is 2. The van der Waals surface area contributed by atoms with Crippen molar-refractivity contribution in [1.29, 1.82) is 0 Å². The SMILES string of the molecule is CCN1C(=CC=CC=CC2=[N+](CCCCCC(=O)C[C@H](CCC(=O)O)C(=O)N[C@H](CCC(=O)O)C(=O)C[C@H](CCC(=O)O)C(=O)N[C@H](CCC(=O)O)C(=O)C[C@H](CCC(=O)O)C(C)=O)c3ccc(S(=O)(=O)O)cc3C2(C)C)C(C)(C)c2cc(C)ccc21. The molecule has 2 aliphatic rings. The van der Waals surface area contributed by atoms with Crippen LogP contribution >= 0.6 is 0 Å². The Morgan fingerprint density at radius 1 is 0.598 bits per heavy atom. The Morgan fingerprint density at radius 2 is 1.10 bits per heavy atom. The van der Waals surface area contributed by atoms with Crippen molar-refractivity contribution in [3.05, 3.63) is 89.2 Å². The summed E-state index contributed by atoms with van der Waals surface area (Å²) in [6.45, 7) is 14.8. The molecule has 0 bridgehead atoms. The number of allylic oxidation sites excluding steroid dienone is 6. The van der Waals surface area contributed by atoms with Crippen molar-refractivity contribution in [1.82, 2.24) is 10.6 Å². The highest BCUT2D eigenvalue weighted by atomic mass is 32.2. The maximum absolute atomic E-state index is 14.0. The second-order valence-corrected chi connectivity index (χ2v) is 24.8. The van der Waals surface area contributed by atoms with Crippen LogP contribution in [0.2, 0.25) is 0 Å². The summed E-state index contributed by atoms with van der Waals surface area (Å²) in [7, 11) is -4.54. The summed E-state index contributed by atoms with van der Waals surface area (Å²) in [5.74, 6) is -15.5. The first-order chi connectivity index (χ1) is 40.7. The van der Waals surface area contributed by atoms with Crippen molar-refractivity contribution in [2.75, 3.05) is 18.0 Å². The highest BCUT2D eigenvalue weighted by Crippen LogP contribution is 2.48. The zero-order chi connectivity index (χ0) is 65.1. The number of carboxylic acid groups (broad SMARTS) is 5. The Balaban J connectivity index is 1.51. The van der Waals surface area contributed by atoms with Gasteiger partial charge < -0.3 is 41.1 Å². The number of rotatable bonds is 39. The van der Waals surface area contributed by atoms with Gasteiger partial charge in [-0.05, 0) is 109 Å². The number of carboxylic acids is 5. The lowest BCUT2D eigenvalue weighted by Crippen LogP contribution is -2.47. The van der Waals surface area contributed by atoms with E-state index in [-0.39, 0.29) is 29.6 Å². The molecule has 2 aromatic rings. The van der Waals surface area contributed by atoms with Gasteiger partial charge in [-0.2, -0.15) is 13.0 Å². The third-order valence-corrected chi connectivity index (χ3v) is 17.0. The van der Waals surface area contributed by atoms with Crippen molar-refractivity contribution in [3.63, 3.8) is 0 Å². The fourth-order valence-electron chi connectivity index (χ4n) is 11.2. The molecule has 0 aliphatic carbocycles. The highest BCUT2D eigenvalue weighted by Gasteiger charge is 2.45. The van der Waals surface area contributed by atoms with Gasteiger partial charge in [0.1, 0.15) is 18.1 Å². The van der Waals surface area contributed by atoms with Gasteiger partial charge in [-0.3, -0.25) is 57.3 Å². The van der Waals surface area contributed by atoms with Gasteiger partial charge in [-0.1, -0.05) is 49.8 Å². The molecule has 2 amide bonds. The minimum Gasteiger partial charge on any atom is -0.481 e.